The molecule has 1 heterocycles. The van der Waals surface area contributed by atoms with Crippen molar-refractivity contribution in [1.29, 1.82) is 0 Å². The molecule has 5 heteroatoms. The third kappa shape index (κ3) is 4.14. The Morgan fingerprint density at radius 1 is 1.07 bits per heavy atom. The number of halogens is 1. The number of benzene rings is 3. The van der Waals surface area contributed by atoms with E-state index in [2.05, 4.69) is 11.1 Å². The van der Waals surface area contributed by atoms with Crippen molar-refractivity contribution in [2.45, 2.75) is 13.3 Å². The van der Waals surface area contributed by atoms with Gasteiger partial charge in [-0.3, -0.25) is 9.78 Å². The number of aromatic nitrogens is 1. The van der Waals surface area contributed by atoms with E-state index < -0.39 is 5.91 Å². The van der Waals surface area contributed by atoms with Gasteiger partial charge < -0.3 is 10.5 Å². The summed E-state index contributed by atoms with van der Waals surface area (Å²) in [7, 11) is 0. The number of rotatable bonds is 6. The molecular formula is C25H21ClN2O2. The predicted octanol–water partition coefficient (Wildman–Crippen LogP) is 5.58. The summed E-state index contributed by atoms with van der Waals surface area (Å²) >= 11 is 6.34. The maximum Gasteiger partial charge on any atom is 0.248 e. The second kappa shape index (κ2) is 8.56. The van der Waals surface area contributed by atoms with E-state index in [1.165, 1.54) is 0 Å². The molecule has 4 aromatic rings. The van der Waals surface area contributed by atoms with Gasteiger partial charge in [0.05, 0.1) is 17.1 Å². The van der Waals surface area contributed by atoms with Crippen molar-refractivity contribution in [2.24, 2.45) is 5.73 Å². The molecule has 0 spiro atoms. The molecule has 0 aliphatic heterocycles. The number of nitrogens with two attached hydrogens (primary N) is 1. The molecule has 0 saturated carbocycles. The lowest BCUT2D eigenvalue weighted by atomic mass is 9.97. The van der Waals surface area contributed by atoms with Gasteiger partial charge in [-0.15, -0.1) is 0 Å². The minimum absolute atomic E-state index is 0.425. The van der Waals surface area contributed by atoms with Gasteiger partial charge in [-0.05, 0) is 59.5 Å². The zero-order chi connectivity index (χ0) is 21.1. The van der Waals surface area contributed by atoms with Crippen LogP contribution in [0.5, 0.6) is 5.75 Å². The molecule has 1 amide bonds. The molecule has 1 aromatic heterocycles. The van der Waals surface area contributed by atoms with E-state index >= 15 is 0 Å². The van der Waals surface area contributed by atoms with Gasteiger partial charge in [-0.1, -0.05) is 48.0 Å². The van der Waals surface area contributed by atoms with E-state index in [1.54, 1.807) is 12.1 Å². The summed E-state index contributed by atoms with van der Waals surface area (Å²) in [6, 6.07) is 21.1. The van der Waals surface area contributed by atoms with Crippen LogP contribution in [-0.4, -0.2) is 17.5 Å². The number of carbonyl (C=O) groups is 1. The van der Waals surface area contributed by atoms with Crippen LogP contribution in [-0.2, 0) is 6.42 Å². The molecule has 0 aliphatic carbocycles. The highest BCUT2D eigenvalue weighted by atomic mass is 35.5. The number of pyridine rings is 1. The lowest BCUT2D eigenvalue weighted by Gasteiger charge is -2.13. The van der Waals surface area contributed by atoms with Crippen molar-refractivity contribution in [3.8, 4) is 16.9 Å². The molecule has 0 aliphatic rings. The van der Waals surface area contributed by atoms with Gasteiger partial charge in [0, 0.05) is 23.6 Å². The molecule has 4 nitrogen and oxygen atoms in total. The molecule has 0 unspecified atom stereocenters. The normalized spacial score (nSPS) is 10.9. The Labute approximate surface area is 180 Å². The number of amides is 1. The summed E-state index contributed by atoms with van der Waals surface area (Å²) in [5.41, 5.74) is 10.9. The topological polar surface area (TPSA) is 65.2 Å². The van der Waals surface area contributed by atoms with Gasteiger partial charge in [0.15, 0.2) is 0 Å². The van der Waals surface area contributed by atoms with Gasteiger partial charge in [0.1, 0.15) is 5.75 Å². The maximum absolute atomic E-state index is 11.3. The van der Waals surface area contributed by atoms with E-state index in [0.717, 1.165) is 38.9 Å². The fraction of sp³-hybridized carbons (Fsp3) is 0.120. The Balaban J connectivity index is 1.56. The van der Waals surface area contributed by atoms with Crippen molar-refractivity contribution in [3.63, 3.8) is 0 Å². The second-order valence-electron chi connectivity index (χ2n) is 7.14. The van der Waals surface area contributed by atoms with Crippen molar-refractivity contribution >= 4 is 28.4 Å². The molecule has 4 rings (SSSR count). The van der Waals surface area contributed by atoms with Crippen LogP contribution in [0.25, 0.3) is 22.0 Å². The number of primary amides is 1. The van der Waals surface area contributed by atoms with Crippen LogP contribution in [0.1, 0.15) is 21.5 Å². The minimum Gasteiger partial charge on any atom is -0.493 e. The van der Waals surface area contributed by atoms with Crippen molar-refractivity contribution in [1.82, 2.24) is 4.98 Å². The van der Waals surface area contributed by atoms with Crippen LogP contribution in [0, 0.1) is 6.92 Å². The Bertz CT molecular complexity index is 1240. The highest BCUT2D eigenvalue weighted by Crippen LogP contribution is 2.34. The molecule has 0 fully saturated rings. The van der Waals surface area contributed by atoms with Crippen LogP contribution in [0.4, 0.5) is 0 Å². The summed E-state index contributed by atoms with van der Waals surface area (Å²) in [6.45, 7) is 2.54. The zero-order valence-corrected chi connectivity index (χ0v) is 17.3. The second-order valence-corrected chi connectivity index (χ2v) is 7.55. The SMILES string of the molecule is Cc1cnc2c(Cl)cccc2c1-c1cccc(OCCc2cccc(C(N)=O)c2)c1. The highest BCUT2D eigenvalue weighted by molar-refractivity contribution is 6.35. The zero-order valence-electron chi connectivity index (χ0n) is 16.6. The number of para-hydroxylation sites is 1. The highest BCUT2D eigenvalue weighted by Gasteiger charge is 2.11. The van der Waals surface area contributed by atoms with E-state index in [9.17, 15) is 4.79 Å². The van der Waals surface area contributed by atoms with E-state index in [4.69, 9.17) is 22.1 Å². The van der Waals surface area contributed by atoms with Crippen LogP contribution >= 0.6 is 11.6 Å². The fourth-order valence-corrected chi connectivity index (χ4v) is 3.80. The van der Waals surface area contributed by atoms with Gasteiger partial charge in [-0.2, -0.15) is 0 Å². The Morgan fingerprint density at radius 2 is 1.87 bits per heavy atom. The lowest BCUT2D eigenvalue weighted by molar-refractivity contribution is 0.1000. The maximum atomic E-state index is 11.3. The minimum atomic E-state index is -0.425. The van der Waals surface area contributed by atoms with Crippen LogP contribution in [0.15, 0.2) is 72.9 Å². The van der Waals surface area contributed by atoms with Crippen molar-refractivity contribution in [2.75, 3.05) is 6.61 Å². The van der Waals surface area contributed by atoms with E-state index in [1.807, 2.05) is 61.7 Å². The molecule has 0 saturated heterocycles. The Morgan fingerprint density at radius 3 is 2.70 bits per heavy atom. The first-order chi connectivity index (χ1) is 14.5. The third-order valence-corrected chi connectivity index (χ3v) is 5.34. The number of aryl methyl sites for hydroxylation is 1. The first-order valence-corrected chi connectivity index (χ1v) is 10.1. The molecule has 0 atom stereocenters. The van der Waals surface area contributed by atoms with Crippen LogP contribution in [0.2, 0.25) is 5.02 Å². The average Bonchev–Trinajstić information content (AvgIpc) is 2.74. The summed E-state index contributed by atoms with van der Waals surface area (Å²) < 4.78 is 5.99. The van der Waals surface area contributed by atoms with Gasteiger partial charge >= 0.3 is 0 Å². The smallest absolute Gasteiger partial charge is 0.248 e. The van der Waals surface area contributed by atoms with E-state index in [0.29, 0.717) is 23.6 Å². The molecule has 150 valence electrons. The molecule has 30 heavy (non-hydrogen) atoms. The van der Waals surface area contributed by atoms with Gasteiger partial charge in [0.25, 0.3) is 0 Å². The number of carbonyl (C=O) groups excluding carboxylic acids is 1. The quantitative estimate of drug-likeness (QED) is 0.446. The van der Waals surface area contributed by atoms with Gasteiger partial charge in [-0.25, -0.2) is 0 Å². The largest absolute Gasteiger partial charge is 0.493 e. The fourth-order valence-electron chi connectivity index (χ4n) is 3.58. The standard InChI is InChI=1S/C25H21ClN2O2/c1-16-15-28-24-21(9-4-10-22(24)26)23(16)18-6-3-8-20(14-18)30-12-11-17-5-2-7-19(13-17)25(27)29/h2-10,13-15H,11-12H2,1H3,(H2,27,29). The number of nitrogens with zero attached hydrogens (tertiary/aromatic N) is 1. The molecule has 2 N–H and O–H groups in total. The summed E-state index contributed by atoms with van der Waals surface area (Å²) in [5.74, 6) is 0.357. The number of hydrogen-bond donors (Lipinski definition) is 1. The Kier molecular flexibility index (Phi) is 5.68. The first-order valence-electron chi connectivity index (χ1n) is 9.69. The monoisotopic (exact) mass is 416 g/mol. The summed E-state index contributed by atoms with van der Waals surface area (Å²) in [5, 5.41) is 1.65. The predicted molar refractivity (Wildman–Crippen MR) is 121 cm³/mol. The molecule has 0 bridgehead atoms. The first kappa shape index (κ1) is 19.9. The van der Waals surface area contributed by atoms with Crippen molar-refractivity contribution in [3.05, 3.63) is 94.6 Å². The van der Waals surface area contributed by atoms with Crippen LogP contribution < -0.4 is 10.5 Å². The molecule has 3 aromatic carbocycles. The lowest BCUT2D eigenvalue weighted by Crippen LogP contribution is -2.11. The van der Waals surface area contributed by atoms with E-state index in [-0.39, 0.29) is 0 Å². The van der Waals surface area contributed by atoms with Crippen molar-refractivity contribution < 1.29 is 9.53 Å². The Hall–Kier alpha value is -3.37. The third-order valence-electron chi connectivity index (χ3n) is 5.03. The number of ether oxygens (including phenoxy) is 1. The van der Waals surface area contributed by atoms with Gasteiger partial charge in [0.2, 0.25) is 5.91 Å². The average molecular weight is 417 g/mol. The number of fused-ring (bicyclic) bond motifs is 1. The van der Waals surface area contributed by atoms with Crippen LogP contribution in [0.3, 0.4) is 0 Å². The summed E-state index contributed by atoms with van der Waals surface area (Å²) in [6.07, 6.45) is 2.53. The molecular weight excluding hydrogens is 396 g/mol. The number of hydrogen-bond acceptors (Lipinski definition) is 3. The summed E-state index contributed by atoms with van der Waals surface area (Å²) in [4.78, 5) is 15.8. The molecule has 0 radical (unpaired) electrons.